The Balaban J connectivity index is 1.04. The highest BCUT2D eigenvalue weighted by Gasteiger charge is 2.51. The van der Waals surface area contributed by atoms with Crippen molar-refractivity contribution in [3.8, 4) is 5.75 Å². The molecule has 73 heavy (non-hydrogen) atoms. The number of ether oxygens (including phenoxy) is 5. The van der Waals surface area contributed by atoms with Gasteiger partial charge in [-0.05, 0) is 107 Å². The summed E-state index contributed by atoms with van der Waals surface area (Å²) in [7, 11) is -5.27. The van der Waals surface area contributed by atoms with E-state index in [2.05, 4.69) is 33.9 Å². The summed E-state index contributed by atoms with van der Waals surface area (Å²) in [6.07, 6.45) is -4.36. The van der Waals surface area contributed by atoms with Gasteiger partial charge in [-0.2, -0.15) is 8.42 Å². The summed E-state index contributed by atoms with van der Waals surface area (Å²) in [4.78, 5) is 15.8. The van der Waals surface area contributed by atoms with Crippen LogP contribution in [0.5, 0.6) is 5.75 Å². The second-order valence-electron chi connectivity index (χ2n) is 20.2. The molecule has 8 atom stereocenters. The third-order valence-corrected chi connectivity index (χ3v) is 19.7. The second-order valence-corrected chi connectivity index (χ2v) is 26.5. The van der Waals surface area contributed by atoms with Gasteiger partial charge < -0.3 is 37.2 Å². The van der Waals surface area contributed by atoms with Crippen LogP contribution < -0.4 is 9.08 Å². The van der Waals surface area contributed by atoms with Crippen LogP contribution in [0.4, 0.5) is 14.5 Å². The Morgan fingerprint density at radius 3 is 1.66 bits per heavy atom. The third kappa shape index (κ3) is 13.6. The quantitative estimate of drug-likeness (QED) is 0.0369. The van der Waals surface area contributed by atoms with Gasteiger partial charge in [-0.3, -0.25) is 4.79 Å². The first-order valence-corrected chi connectivity index (χ1v) is 29.2. The highest BCUT2D eigenvalue weighted by Crippen LogP contribution is 2.48. The SMILES string of the molecule is CO[C@H]1O[C@H](CS(=O)(=O)Oc2ccc([C@@H]3[C@@H](CC[C@H](O[Si](C)(C)C(C)(C)C)c4ccc(F)cc4)C(=O)N3c3ccc(F)cc3)cc2)[C@@H](OCc2ccccc2)[C@H](OCc2ccccc2)[C@H]1OCc1ccccc1. The summed E-state index contributed by atoms with van der Waals surface area (Å²) < 4.78 is 102. The van der Waals surface area contributed by atoms with Crippen molar-refractivity contribution in [1.29, 1.82) is 0 Å². The molecule has 0 radical (unpaired) electrons. The largest absolute Gasteiger partial charge is 0.410 e. The third-order valence-electron chi connectivity index (χ3n) is 14.0. The molecule has 386 valence electrons. The average molecular weight is 1030 g/mol. The van der Waals surface area contributed by atoms with Gasteiger partial charge in [0.25, 0.3) is 0 Å². The number of β-lactam (4-membered cyclic amide) rings is 1. The van der Waals surface area contributed by atoms with Crippen LogP contribution >= 0.6 is 0 Å². The van der Waals surface area contributed by atoms with Crippen LogP contribution in [0, 0.1) is 17.6 Å². The Hall–Kier alpha value is -5.62. The van der Waals surface area contributed by atoms with Gasteiger partial charge in [0, 0.05) is 12.8 Å². The maximum absolute atomic E-state index is 14.3. The lowest BCUT2D eigenvalue weighted by atomic mass is 9.78. The number of amides is 1. The van der Waals surface area contributed by atoms with E-state index in [0.29, 0.717) is 18.5 Å². The minimum Gasteiger partial charge on any atom is -0.410 e. The normalized spacial score (nSPS) is 21.9. The van der Waals surface area contributed by atoms with Gasteiger partial charge >= 0.3 is 10.1 Å². The number of carbonyl (C=O) groups excluding carboxylic acids is 1. The number of hydrogen-bond donors (Lipinski definition) is 0. The molecule has 8 rings (SSSR count). The van der Waals surface area contributed by atoms with E-state index < -0.39 is 78.8 Å². The average Bonchev–Trinajstić information content (AvgIpc) is 3.37. The van der Waals surface area contributed by atoms with E-state index in [0.717, 1.165) is 27.8 Å². The fraction of sp³-hybridized carbons (Fsp3) is 0.362. The molecule has 1 amide bonds. The van der Waals surface area contributed by atoms with Crippen molar-refractivity contribution < 1.29 is 54.3 Å². The first kappa shape index (κ1) is 53.7. The molecule has 6 aromatic rings. The predicted octanol–water partition coefficient (Wildman–Crippen LogP) is 12.0. The molecule has 2 saturated heterocycles. The van der Waals surface area contributed by atoms with Crippen molar-refractivity contribution >= 4 is 30.0 Å². The number of carbonyl (C=O) groups is 1. The second kappa shape index (κ2) is 23.7. The van der Waals surface area contributed by atoms with E-state index >= 15 is 0 Å². The van der Waals surface area contributed by atoms with E-state index in [9.17, 15) is 22.0 Å². The van der Waals surface area contributed by atoms with Crippen LogP contribution in [-0.2, 0) is 62.8 Å². The number of hydrogen-bond acceptors (Lipinski definition) is 10. The fourth-order valence-electron chi connectivity index (χ4n) is 9.11. The Bertz CT molecular complexity index is 2810. The van der Waals surface area contributed by atoms with Crippen molar-refractivity contribution in [1.82, 2.24) is 0 Å². The van der Waals surface area contributed by atoms with Crippen molar-refractivity contribution in [2.24, 2.45) is 5.92 Å². The molecule has 2 fully saturated rings. The number of methoxy groups -OCH3 is 1. The molecule has 0 spiro atoms. The summed E-state index contributed by atoms with van der Waals surface area (Å²) >= 11 is 0. The molecule has 6 aromatic carbocycles. The van der Waals surface area contributed by atoms with Crippen LogP contribution in [0.2, 0.25) is 18.1 Å². The first-order valence-electron chi connectivity index (χ1n) is 24.7. The molecule has 2 aliphatic heterocycles. The Labute approximate surface area is 429 Å². The van der Waals surface area contributed by atoms with Crippen LogP contribution in [0.3, 0.4) is 0 Å². The highest BCUT2D eigenvalue weighted by molar-refractivity contribution is 7.87. The van der Waals surface area contributed by atoms with E-state index in [1.54, 1.807) is 53.4 Å². The molecule has 0 unspecified atom stereocenters. The Morgan fingerprint density at radius 2 is 1.15 bits per heavy atom. The van der Waals surface area contributed by atoms with Crippen molar-refractivity contribution in [3.63, 3.8) is 0 Å². The number of rotatable bonds is 22. The number of anilines is 1. The van der Waals surface area contributed by atoms with Crippen LogP contribution in [0.1, 0.15) is 73.6 Å². The number of benzene rings is 6. The fourth-order valence-corrected chi connectivity index (χ4v) is 11.6. The van der Waals surface area contributed by atoms with Crippen molar-refractivity contribution in [3.05, 3.63) is 203 Å². The van der Waals surface area contributed by atoms with E-state index in [-0.39, 0.29) is 42.3 Å². The summed E-state index contributed by atoms with van der Waals surface area (Å²) in [5.41, 5.74) is 4.73. The smallest absolute Gasteiger partial charge is 0.311 e. The molecule has 0 aliphatic carbocycles. The highest BCUT2D eigenvalue weighted by atomic mass is 32.2. The molecular weight excluding hydrogens is 969 g/mol. The van der Waals surface area contributed by atoms with Gasteiger partial charge in [0.2, 0.25) is 5.91 Å². The topological polar surface area (TPSA) is 119 Å². The summed E-state index contributed by atoms with van der Waals surface area (Å²) in [6.45, 7) is 11.3. The van der Waals surface area contributed by atoms with Gasteiger partial charge in [-0.25, -0.2) is 8.78 Å². The molecule has 15 heteroatoms. The molecular formula is C58H65F2NO10SSi. The minimum absolute atomic E-state index is 0.0419. The molecule has 2 aliphatic rings. The van der Waals surface area contributed by atoms with Gasteiger partial charge in [0.05, 0.1) is 37.9 Å². The standard InChI is InChI=1S/C58H65F2NO10SSi/c1-58(2,3)73(5,6)71-50(43-22-26-45(59)27-23-43)35-34-49-52(61(56(49)62)47-30-28-46(60)29-31-47)44-24-32-48(33-25-44)70-72(63,64)39-51-53(66-36-40-16-10-7-11-17-40)54(67-37-41-18-12-8-13-19-41)55(57(65-4)69-51)68-38-42-20-14-9-15-21-42/h7-33,49-55,57H,34-39H2,1-6H3/t49-,50+,51-,52-,53-,54+,55-,57+/m1/s1. The Morgan fingerprint density at radius 1 is 0.658 bits per heavy atom. The maximum atomic E-state index is 14.3. The van der Waals surface area contributed by atoms with E-state index in [1.165, 1.54) is 31.4 Å². The zero-order chi connectivity index (χ0) is 51.8. The van der Waals surface area contributed by atoms with Gasteiger partial charge in [0.1, 0.15) is 47.6 Å². The monoisotopic (exact) mass is 1030 g/mol. The zero-order valence-corrected chi connectivity index (χ0v) is 44.0. The molecule has 11 nitrogen and oxygen atoms in total. The molecule has 0 aromatic heterocycles. The lowest BCUT2D eigenvalue weighted by Crippen LogP contribution is -2.62. The van der Waals surface area contributed by atoms with Crippen molar-refractivity contribution in [2.45, 2.75) is 114 Å². The number of halogens is 2. The van der Waals surface area contributed by atoms with Gasteiger partial charge in [-0.1, -0.05) is 136 Å². The lowest BCUT2D eigenvalue weighted by molar-refractivity contribution is -0.314. The first-order chi connectivity index (χ1) is 35.0. The predicted molar refractivity (Wildman–Crippen MR) is 278 cm³/mol. The summed E-state index contributed by atoms with van der Waals surface area (Å²) in [5, 5.41) is -0.107. The molecule has 0 saturated carbocycles. The Kier molecular flexibility index (Phi) is 17.4. The maximum Gasteiger partial charge on any atom is 0.311 e. The van der Waals surface area contributed by atoms with E-state index in [1.807, 2.05) is 91.0 Å². The van der Waals surface area contributed by atoms with Crippen LogP contribution in [-0.4, -0.2) is 66.2 Å². The zero-order valence-electron chi connectivity index (χ0n) is 42.1. The molecule has 0 bridgehead atoms. The van der Waals surface area contributed by atoms with E-state index in [4.69, 9.17) is 32.3 Å². The molecule has 0 N–H and O–H groups in total. The van der Waals surface area contributed by atoms with Crippen molar-refractivity contribution in [2.75, 3.05) is 17.8 Å². The lowest BCUT2D eigenvalue weighted by Gasteiger charge is -2.48. The van der Waals surface area contributed by atoms with Crippen LogP contribution in [0.25, 0.3) is 0 Å². The van der Waals surface area contributed by atoms with Gasteiger partial charge in [0.15, 0.2) is 14.6 Å². The summed E-state index contributed by atoms with van der Waals surface area (Å²) in [5.74, 6) is -2.03. The number of nitrogens with zero attached hydrogens (tertiary/aromatic N) is 1. The van der Waals surface area contributed by atoms with Crippen LogP contribution in [0.15, 0.2) is 164 Å². The minimum atomic E-state index is -4.41. The molecule has 2 heterocycles. The van der Waals surface area contributed by atoms with Gasteiger partial charge in [-0.15, -0.1) is 0 Å². The summed E-state index contributed by atoms with van der Waals surface area (Å²) in [6, 6.07) is 46.9.